The van der Waals surface area contributed by atoms with E-state index in [-0.39, 0.29) is 0 Å². The van der Waals surface area contributed by atoms with Crippen molar-refractivity contribution in [3.8, 4) is 0 Å². The molecule has 1 saturated heterocycles. The summed E-state index contributed by atoms with van der Waals surface area (Å²) < 4.78 is 1.23. The molecule has 0 aromatic heterocycles. The predicted octanol–water partition coefficient (Wildman–Crippen LogP) is 3.46. The van der Waals surface area contributed by atoms with Gasteiger partial charge in [-0.05, 0) is 57.5 Å². The first-order valence-electron chi connectivity index (χ1n) is 7.41. The maximum absolute atomic E-state index is 3.62. The zero-order chi connectivity index (χ0) is 13.5. The number of rotatable bonds is 6. The van der Waals surface area contributed by atoms with Crippen LogP contribution in [0.4, 0.5) is 0 Å². The van der Waals surface area contributed by atoms with E-state index in [4.69, 9.17) is 0 Å². The van der Waals surface area contributed by atoms with E-state index < -0.39 is 0 Å². The molecule has 3 heteroatoms. The van der Waals surface area contributed by atoms with E-state index in [1.54, 1.807) is 0 Å². The lowest BCUT2D eigenvalue weighted by Crippen LogP contribution is -2.37. The summed E-state index contributed by atoms with van der Waals surface area (Å²) in [7, 11) is 2.24. The standard InChI is InChI=1S/C16H25BrN2/c1-19(13-10-15-7-4-5-11-18-15)12-9-14-6-2-3-8-16(14)17/h2-3,6,8,15,18H,4-5,7,9-13H2,1H3. The fourth-order valence-corrected chi connectivity index (χ4v) is 3.15. The van der Waals surface area contributed by atoms with Gasteiger partial charge in [-0.1, -0.05) is 40.5 Å². The van der Waals surface area contributed by atoms with E-state index in [1.807, 2.05) is 0 Å². The van der Waals surface area contributed by atoms with Gasteiger partial charge in [-0.15, -0.1) is 0 Å². The van der Waals surface area contributed by atoms with Gasteiger partial charge in [0.05, 0.1) is 0 Å². The summed E-state index contributed by atoms with van der Waals surface area (Å²) >= 11 is 3.62. The van der Waals surface area contributed by atoms with Gasteiger partial charge in [0, 0.05) is 17.1 Å². The molecule has 0 aliphatic carbocycles. The normalized spacial score (nSPS) is 19.8. The van der Waals surface area contributed by atoms with Crippen molar-refractivity contribution in [1.29, 1.82) is 0 Å². The fourth-order valence-electron chi connectivity index (χ4n) is 2.67. The average Bonchev–Trinajstić information content (AvgIpc) is 2.45. The second-order valence-electron chi connectivity index (χ2n) is 5.58. The van der Waals surface area contributed by atoms with Gasteiger partial charge in [0.2, 0.25) is 0 Å². The van der Waals surface area contributed by atoms with Crippen molar-refractivity contribution in [2.24, 2.45) is 0 Å². The third-order valence-electron chi connectivity index (χ3n) is 3.99. The van der Waals surface area contributed by atoms with Crippen LogP contribution in [0, 0.1) is 0 Å². The van der Waals surface area contributed by atoms with Crippen LogP contribution in [-0.2, 0) is 6.42 Å². The molecule has 0 radical (unpaired) electrons. The van der Waals surface area contributed by atoms with Crippen molar-refractivity contribution < 1.29 is 0 Å². The van der Waals surface area contributed by atoms with E-state index in [1.165, 1.54) is 48.8 Å². The summed E-state index contributed by atoms with van der Waals surface area (Å²) in [6.45, 7) is 3.54. The minimum absolute atomic E-state index is 0.750. The third-order valence-corrected chi connectivity index (χ3v) is 4.77. The van der Waals surface area contributed by atoms with E-state index in [2.05, 4.69) is 57.5 Å². The number of benzene rings is 1. The summed E-state index contributed by atoms with van der Waals surface area (Å²) in [5.41, 5.74) is 1.41. The molecule has 2 rings (SSSR count). The smallest absolute Gasteiger partial charge is 0.0207 e. The second-order valence-corrected chi connectivity index (χ2v) is 6.43. The highest BCUT2D eigenvalue weighted by atomic mass is 79.9. The summed E-state index contributed by atoms with van der Waals surface area (Å²) in [5, 5.41) is 3.62. The van der Waals surface area contributed by atoms with Crippen LogP contribution >= 0.6 is 15.9 Å². The molecule has 1 aliphatic rings. The Morgan fingerprint density at radius 1 is 1.26 bits per heavy atom. The molecule has 1 aromatic rings. The van der Waals surface area contributed by atoms with Crippen molar-refractivity contribution in [3.63, 3.8) is 0 Å². The number of hydrogen-bond donors (Lipinski definition) is 1. The number of piperidine rings is 1. The van der Waals surface area contributed by atoms with Gasteiger partial charge in [0.1, 0.15) is 0 Å². The summed E-state index contributed by atoms with van der Waals surface area (Å²) in [5.74, 6) is 0. The monoisotopic (exact) mass is 324 g/mol. The summed E-state index contributed by atoms with van der Waals surface area (Å²) in [4.78, 5) is 2.45. The van der Waals surface area contributed by atoms with E-state index in [0.717, 1.165) is 19.0 Å². The molecular weight excluding hydrogens is 300 g/mol. The van der Waals surface area contributed by atoms with Crippen molar-refractivity contribution in [1.82, 2.24) is 10.2 Å². The second kappa shape index (κ2) is 8.03. The van der Waals surface area contributed by atoms with Crippen LogP contribution < -0.4 is 5.32 Å². The molecule has 0 spiro atoms. The maximum atomic E-state index is 3.62. The molecule has 2 nitrogen and oxygen atoms in total. The fraction of sp³-hybridized carbons (Fsp3) is 0.625. The molecule has 1 aliphatic heterocycles. The van der Waals surface area contributed by atoms with Gasteiger partial charge < -0.3 is 10.2 Å². The van der Waals surface area contributed by atoms with Crippen LogP contribution in [0.2, 0.25) is 0 Å². The van der Waals surface area contributed by atoms with Gasteiger partial charge in [-0.2, -0.15) is 0 Å². The van der Waals surface area contributed by atoms with Crippen LogP contribution in [0.1, 0.15) is 31.2 Å². The lowest BCUT2D eigenvalue weighted by molar-refractivity contribution is 0.290. The third kappa shape index (κ3) is 5.25. The first kappa shape index (κ1) is 15.0. The van der Waals surface area contributed by atoms with Crippen LogP contribution in [0.3, 0.4) is 0 Å². The van der Waals surface area contributed by atoms with Gasteiger partial charge in [-0.3, -0.25) is 0 Å². The number of nitrogens with zero attached hydrogens (tertiary/aromatic N) is 1. The highest BCUT2D eigenvalue weighted by Crippen LogP contribution is 2.16. The molecule has 1 N–H and O–H groups in total. The zero-order valence-corrected chi connectivity index (χ0v) is 13.5. The molecule has 0 saturated carbocycles. The van der Waals surface area contributed by atoms with Gasteiger partial charge in [-0.25, -0.2) is 0 Å². The van der Waals surface area contributed by atoms with Crippen molar-refractivity contribution in [3.05, 3.63) is 34.3 Å². The van der Waals surface area contributed by atoms with Gasteiger partial charge in [0.25, 0.3) is 0 Å². The molecule has 106 valence electrons. The summed E-state index contributed by atoms with van der Waals surface area (Å²) in [6, 6.07) is 9.28. The van der Waals surface area contributed by atoms with Crippen LogP contribution in [0.15, 0.2) is 28.7 Å². The van der Waals surface area contributed by atoms with Gasteiger partial charge >= 0.3 is 0 Å². The molecule has 1 atom stereocenters. The zero-order valence-electron chi connectivity index (χ0n) is 11.9. The number of hydrogen-bond acceptors (Lipinski definition) is 2. The summed E-state index contributed by atoms with van der Waals surface area (Å²) in [6.07, 6.45) is 6.52. The Hall–Kier alpha value is -0.380. The Kier molecular flexibility index (Phi) is 6.35. The van der Waals surface area contributed by atoms with E-state index >= 15 is 0 Å². The largest absolute Gasteiger partial charge is 0.314 e. The molecule has 1 fully saturated rings. The predicted molar refractivity (Wildman–Crippen MR) is 85.6 cm³/mol. The van der Waals surface area contributed by atoms with E-state index in [0.29, 0.717) is 0 Å². The van der Waals surface area contributed by atoms with Crippen molar-refractivity contribution >= 4 is 15.9 Å². The van der Waals surface area contributed by atoms with Gasteiger partial charge in [0.15, 0.2) is 0 Å². The Morgan fingerprint density at radius 2 is 2.11 bits per heavy atom. The lowest BCUT2D eigenvalue weighted by atomic mass is 10.0. The Labute approximate surface area is 125 Å². The molecule has 19 heavy (non-hydrogen) atoms. The van der Waals surface area contributed by atoms with Crippen LogP contribution in [-0.4, -0.2) is 37.6 Å². The quantitative estimate of drug-likeness (QED) is 0.862. The Morgan fingerprint density at radius 3 is 2.84 bits per heavy atom. The lowest BCUT2D eigenvalue weighted by Gasteiger charge is -2.26. The molecule has 1 unspecified atom stereocenters. The highest BCUT2D eigenvalue weighted by Gasteiger charge is 2.12. The number of halogens is 1. The molecule has 1 aromatic carbocycles. The molecule has 0 amide bonds. The number of nitrogens with one attached hydrogen (secondary N) is 1. The van der Waals surface area contributed by atoms with Crippen LogP contribution in [0.5, 0.6) is 0 Å². The molecular formula is C16H25BrN2. The van der Waals surface area contributed by atoms with Crippen LogP contribution in [0.25, 0.3) is 0 Å². The topological polar surface area (TPSA) is 15.3 Å². The highest BCUT2D eigenvalue weighted by molar-refractivity contribution is 9.10. The SMILES string of the molecule is CN(CCc1ccccc1Br)CCC1CCCCN1. The van der Waals surface area contributed by atoms with E-state index in [9.17, 15) is 0 Å². The van der Waals surface area contributed by atoms with Crippen molar-refractivity contribution in [2.75, 3.05) is 26.7 Å². The average molecular weight is 325 g/mol. The van der Waals surface area contributed by atoms with Crippen molar-refractivity contribution in [2.45, 2.75) is 38.1 Å². The minimum atomic E-state index is 0.750. The first-order chi connectivity index (χ1) is 9.25. The minimum Gasteiger partial charge on any atom is -0.314 e. The Bertz CT molecular complexity index is 375. The first-order valence-corrected chi connectivity index (χ1v) is 8.20. The maximum Gasteiger partial charge on any atom is 0.0207 e. The molecule has 0 bridgehead atoms. The Balaban J connectivity index is 1.66. The molecule has 1 heterocycles. The number of likely N-dealkylation sites (N-methyl/N-ethyl adjacent to an activating group) is 1.